The van der Waals surface area contributed by atoms with Gasteiger partial charge in [-0.2, -0.15) is 11.8 Å². The number of nitrogens with zero attached hydrogens (tertiary/aromatic N) is 1. The second kappa shape index (κ2) is 7.86. The molecule has 0 aliphatic carbocycles. The van der Waals surface area contributed by atoms with Crippen molar-refractivity contribution in [1.29, 1.82) is 0 Å². The molecule has 0 fully saturated rings. The molecule has 4 heteroatoms. The fourth-order valence-corrected chi connectivity index (χ4v) is 1.86. The third-order valence-electron chi connectivity index (χ3n) is 1.51. The van der Waals surface area contributed by atoms with Crippen LogP contribution in [-0.4, -0.2) is 54.8 Å². The smallest absolute Gasteiger partial charge is 0.0446 e. The molecular formula is C8H20N2OS. The van der Waals surface area contributed by atoms with E-state index in [9.17, 15) is 0 Å². The lowest BCUT2D eigenvalue weighted by molar-refractivity contribution is 0.279. The first kappa shape index (κ1) is 12.2. The van der Waals surface area contributed by atoms with E-state index in [1.54, 1.807) is 0 Å². The van der Waals surface area contributed by atoms with Gasteiger partial charge >= 0.3 is 0 Å². The molecule has 3 N–H and O–H groups in total. The normalized spacial score (nSPS) is 13.8. The summed E-state index contributed by atoms with van der Waals surface area (Å²) in [5.74, 6) is 2.07. The van der Waals surface area contributed by atoms with Crippen LogP contribution in [0.4, 0.5) is 0 Å². The minimum atomic E-state index is 0.155. The van der Waals surface area contributed by atoms with Gasteiger partial charge in [0, 0.05) is 30.7 Å². The summed E-state index contributed by atoms with van der Waals surface area (Å²) in [6.07, 6.45) is 0.717. The lowest BCUT2D eigenvalue weighted by Gasteiger charge is -2.11. The maximum Gasteiger partial charge on any atom is 0.0446 e. The predicted octanol–water partition coefficient (Wildman–Crippen LogP) is -0.00910. The number of rotatable bonds is 7. The van der Waals surface area contributed by atoms with E-state index in [4.69, 9.17) is 10.8 Å². The lowest BCUT2D eigenvalue weighted by atomic mass is 10.3. The monoisotopic (exact) mass is 192 g/mol. The van der Waals surface area contributed by atoms with E-state index in [0.717, 1.165) is 24.5 Å². The average molecular weight is 192 g/mol. The summed E-state index contributed by atoms with van der Waals surface area (Å²) >= 11 is 1.85. The highest BCUT2D eigenvalue weighted by atomic mass is 32.2. The molecule has 0 aliphatic rings. The first-order valence-electron chi connectivity index (χ1n) is 4.25. The van der Waals surface area contributed by atoms with Crippen molar-refractivity contribution in [2.75, 3.05) is 38.8 Å². The Bertz CT molecular complexity index is 101. The van der Waals surface area contributed by atoms with Crippen molar-refractivity contribution in [3.05, 3.63) is 0 Å². The third kappa shape index (κ3) is 8.33. The Kier molecular flexibility index (Phi) is 8.01. The highest BCUT2D eigenvalue weighted by Gasteiger charge is 2.00. The zero-order valence-electron chi connectivity index (χ0n) is 7.99. The fourth-order valence-electron chi connectivity index (χ4n) is 0.731. The van der Waals surface area contributed by atoms with Crippen LogP contribution in [0.15, 0.2) is 0 Å². The van der Waals surface area contributed by atoms with Gasteiger partial charge in [-0.05, 0) is 20.5 Å². The number of thioether (sulfide) groups is 1. The Morgan fingerprint density at radius 1 is 1.50 bits per heavy atom. The summed E-state index contributed by atoms with van der Waals surface area (Å²) < 4.78 is 0. The zero-order chi connectivity index (χ0) is 9.40. The van der Waals surface area contributed by atoms with Crippen LogP contribution in [0.1, 0.15) is 6.42 Å². The van der Waals surface area contributed by atoms with Gasteiger partial charge in [-0.15, -0.1) is 0 Å². The van der Waals surface area contributed by atoms with Gasteiger partial charge in [-0.1, -0.05) is 0 Å². The second-order valence-corrected chi connectivity index (χ2v) is 4.30. The van der Waals surface area contributed by atoms with Crippen LogP contribution >= 0.6 is 11.8 Å². The van der Waals surface area contributed by atoms with Crippen molar-refractivity contribution >= 4 is 11.8 Å². The van der Waals surface area contributed by atoms with E-state index in [1.165, 1.54) is 0 Å². The van der Waals surface area contributed by atoms with Gasteiger partial charge in [0.2, 0.25) is 0 Å². The summed E-state index contributed by atoms with van der Waals surface area (Å²) in [6, 6.07) is 0.155. The molecule has 0 saturated carbocycles. The highest BCUT2D eigenvalue weighted by molar-refractivity contribution is 7.99. The second-order valence-electron chi connectivity index (χ2n) is 3.15. The van der Waals surface area contributed by atoms with E-state index < -0.39 is 0 Å². The quantitative estimate of drug-likeness (QED) is 0.557. The maximum absolute atomic E-state index is 8.58. The molecule has 1 unspecified atom stereocenters. The molecule has 0 radical (unpaired) electrons. The molecule has 0 aromatic rings. The molecule has 0 aromatic heterocycles. The van der Waals surface area contributed by atoms with Crippen LogP contribution in [0.25, 0.3) is 0 Å². The van der Waals surface area contributed by atoms with Crippen molar-refractivity contribution in [2.24, 2.45) is 5.73 Å². The van der Waals surface area contributed by atoms with Crippen molar-refractivity contribution in [1.82, 2.24) is 4.90 Å². The molecule has 0 heterocycles. The van der Waals surface area contributed by atoms with Gasteiger partial charge in [0.05, 0.1) is 0 Å². The summed E-state index contributed by atoms with van der Waals surface area (Å²) in [6.45, 7) is 1.30. The number of hydrogen-bond acceptors (Lipinski definition) is 4. The minimum Gasteiger partial charge on any atom is -0.396 e. The Hall–Kier alpha value is 0.230. The first-order chi connectivity index (χ1) is 5.66. The summed E-state index contributed by atoms with van der Waals surface area (Å²) in [5.41, 5.74) is 5.71. The molecule has 0 saturated heterocycles. The SMILES string of the molecule is CN(C)CCSCC(N)CCO. The first-order valence-corrected chi connectivity index (χ1v) is 5.41. The molecule has 1 atom stereocenters. The van der Waals surface area contributed by atoms with E-state index in [2.05, 4.69) is 19.0 Å². The molecule has 3 nitrogen and oxygen atoms in total. The molecule has 12 heavy (non-hydrogen) atoms. The van der Waals surface area contributed by atoms with Gasteiger partial charge in [0.15, 0.2) is 0 Å². The molecule has 0 bridgehead atoms. The third-order valence-corrected chi connectivity index (χ3v) is 2.65. The van der Waals surface area contributed by atoms with E-state index in [-0.39, 0.29) is 12.6 Å². The molecule has 0 spiro atoms. The molecular weight excluding hydrogens is 172 g/mol. The van der Waals surface area contributed by atoms with Gasteiger partial charge < -0.3 is 15.7 Å². The van der Waals surface area contributed by atoms with E-state index in [1.807, 2.05) is 11.8 Å². The van der Waals surface area contributed by atoms with Crippen LogP contribution in [-0.2, 0) is 0 Å². The van der Waals surface area contributed by atoms with Gasteiger partial charge in [-0.3, -0.25) is 0 Å². The molecule has 0 aromatic carbocycles. The van der Waals surface area contributed by atoms with Crippen molar-refractivity contribution < 1.29 is 5.11 Å². The Morgan fingerprint density at radius 2 is 2.17 bits per heavy atom. The number of nitrogens with two attached hydrogens (primary N) is 1. The average Bonchev–Trinajstić information content (AvgIpc) is 1.98. The zero-order valence-corrected chi connectivity index (χ0v) is 8.81. The van der Waals surface area contributed by atoms with Crippen molar-refractivity contribution in [2.45, 2.75) is 12.5 Å². The maximum atomic E-state index is 8.58. The fraction of sp³-hybridized carbons (Fsp3) is 1.00. The standard InChI is InChI=1S/C8H20N2OS/c1-10(2)4-6-12-7-8(9)3-5-11/h8,11H,3-7,9H2,1-2H3. The number of aliphatic hydroxyl groups excluding tert-OH is 1. The molecule has 74 valence electrons. The van der Waals surface area contributed by atoms with E-state index >= 15 is 0 Å². The van der Waals surface area contributed by atoms with Crippen LogP contribution < -0.4 is 5.73 Å². The summed E-state index contributed by atoms with van der Waals surface area (Å²) in [7, 11) is 4.13. The molecule has 0 amide bonds. The lowest BCUT2D eigenvalue weighted by Crippen LogP contribution is -2.25. The summed E-state index contributed by atoms with van der Waals surface area (Å²) in [4.78, 5) is 2.16. The number of aliphatic hydroxyl groups is 1. The Morgan fingerprint density at radius 3 is 2.67 bits per heavy atom. The van der Waals surface area contributed by atoms with Crippen LogP contribution in [0, 0.1) is 0 Å². The largest absolute Gasteiger partial charge is 0.396 e. The Balaban J connectivity index is 3.08. The van der Waals surface area contributed by atoms with Crippen molar-refractivity contribution in [3.8, 4) is 0 Å². The van der Waals surface area contributed by atoms with Crippen molar-refractivity contribution in [3.63, 3.8) is 0 Å². The van der Waals surface area contributed by atoms with Gasteiger partial charge in [-0.25, -0.2) is 0 Å². The highest BCUT2D eigenvalue weighted by Crippen LogP contribution is 2.03. The minimum absolute atomic E-state index is 0.155. The van der Waals surface area contributed by atoms with Crippen LogP contribution in [0.2, 0.25) is 0 Å². The molecule has 0 rings (SSSR count). The summed E-state index contributed by atoms with van der Waals surface area (Å²) in [5, 5.41) is 8.58. The van der Waals surface area contributed by atoms with Crippen LogP contribution in [0.3, 0.4) is 0 Å². The van der Waals surface area contributed by atoms with Gasteiger partial charge in [0.25, 0.3) is 0 Å². The van der Waals surface area contributed by atoms with E-state index in [0.29, 0.717) is 0 Å². The molecule has 0 aliphatic heterocycles. The van der Waals surface area contributed by atoms with Crippen LogP contribution in [0.5, 0.6) is 0 Å². The topological polar surface area (TPSA) is 49.5 Å². The van der Waals surface area contributed by atoms with Gasteiger partial charge in [0.1, 0.15) is 0 Å². The number of hydrogen-bond donors (Lipinski definition) is 2. The Labute approximate surface area is 79.3 Å². The predicted molar refractivity (Wildman–Crippen MR) is 55.6 cm³/mol.